The highest BCUT2D eigenvalue weighted by Crippen LogP contribution is 2.19. The zero-order valence-electron chi connectivity index (χ0n) is 9.18. The van der Waals surface area contributed by atoms with Gasteiger partial charge >= 0.3 is 0 Å². The smallest absolute Gasteiger partial charge is 0.00922 e. The third-order valence-electron chi connectivity index (χ3n) is 3.14. The maximum Gasteiger partial charge on any atom is 0.00922 e. The van der Waals surface area contributed by atoms with Gasteiger partial charge in [-0.15, -0.1) is 0 Å². The van der Waals surface area contributed by atoms with Crippen molar-refractivity contribution in [1.29, 1.82) is 0 Å². The summed E-state index contributed by atoms with van der Waals surface area (Å²) in [6.45, 7) is 2.49. The number of nitrogens with zero attached hydrogens (tertiary/aromatic N) is 1. The molecular formula is C11H24N2. The zero-order valence-corrected chi connectivity index (χ0v) is 9.18. The molecule has 0 amide bonds. The fourth-order valence-corrected chi connectivity index (χ4v) is 2.19. The van der Waals surface area contributed by atoms with E-state index in [0.717, 1.165) is 6.04 Å². The van der Waals surface area contributed by atoms with Gasteiger partial charge in [0.15, 0.2) is 0 Å². The Morgan fingerprint density at radius 2 is 2.15 bits per heavy atom. The largest absolute Gasteiger partial charge is 0.320 e. The van der Waals surface area contributed by atoms with Gasteiger partial charge < -0.3 is 10.2 Å². The Balaban J connectivity index is 2.05. The van der Waals surface area contributed by atoms with Crippen LogP contribution in [0.25, 0.3) is 0 Å². The lowest BCUT2D eigenvalue weighted by molar-refractivity contribution is 0.173. The second kappa shape index (κ2) is 6.39. The van der Waals surface area contributed by atoms with E-state index >= 15 is 0 Å². The fraction of sp³-hybridized carbons (Fsp3) is 1.00. The Kier molecular flexibility index (Phi) is 5.40. The van der Waals surface area contributed by atoms with Crippen molar-refractivity contribution in [3.8, 4) is 0 Å². The molecule has 1 fully saturated rings. The van der Waals surface area contributed by atoms with Gasteiger partial charge in [0.2, 0.25) is 0 Å². The summed E-state index contributed by atoms with van der Waals surface area (Å²) in [7, 11) is 4.31. The van der Waals surface area contributed by atoms with E-state index in [-0.39, 0.29) is 0 Å². The monoisotopic (exact) mass is 184 g/mol. The molecule has 1 aliphatic heterocycles. The number of nitrogens with one attached hydrogen (secondary N) is 1. The molecule has 13 heavy (non-hydrogen) atoms. The molecule has 0 aromatic rings. The van der Waals surface area contributed by atoms with Gasteiger partial charge in [-0.25, -0.2) is 0 Å². The minimum Gasteiger partial charge on any atom is -0.320 e. The quantitative estimate of drug-likeness (QED) is 0.656. The Labute approximate surface area is 82.7 Å². The van der Waals surface area contributed by atoms with Crippen molar-refractivity contribution < 1.29 is 0 Å². The normalized spacial score (nSPS) is 24.9. The van der Waals surface area contributed by atoms with E-state index in [2.05, 4.69) is 17.3 Å². The minimum atomic E-state index is 0.880. The van der Waals surface area contributed by atoms with Crippen molar-refractivity contribution in [2.75, 3.05) is 27.2 Å². The lowest BCUT2D eigenvalue weighted by Gasteiger charge is -2.32. The van der Waals surface area contributed by atoms with Gasteiger partial charge in [-0.2, -0.15) is 0 Å². The predicted octanol–water partition coefficient (Wildman–Crippen LogP) is 1.86. The van der Waals surface area contributed by atoms with Crippen LogP contribution in [0.4, 0.5) is 0 Å². The molecule has 0 saturated carbocycles. The van der Waals surface area contributed by atoms with Gasteiger partial charge in [0.1, 0.15) is 0 Å². The highest BCUT2D eigenvalue weighted by molar-refractivity contribution is 4.73. The van der Waals surface area contributed by atoms with Crippen molar-refractivity contribution >= 4 is 0 Å². The molecule has 1 unspecified atom stereocenters. The fourth-order valence-electron chi connectivity index (χ4n) is 2.19. The second-order valence-corrected chi connectivity index (χ2v) is 4.23. The first kappa shape index (κ1) is 11.0. The predicted molar refractivity (Wildman–Crippen MR) is 58.0 cm³/mol. The maximum atomic E-state index is 3.20. The van der Waals surface area contributed by atoms with Gasteiger partial charge in [0.05, 0.1) is 0 Å². The van der Waals surface area contributed by atoms with E-state index in [9.17, 15) is 0 Å². The number of unbranched alkanes of at least 4 members (excludes halogenated alkanes) is 1. The van der Waals surface area contributed by atoms with Crippen LogP contribution < -0.4 is 5.32 Å². The van der Waals surface area contributed by atoms with Gasteiger partial charge in [0, 0.05) is 6.04 Å². The molecule has 0 aliphatic carbocycles. The summed E-state index contributed by atoms with van der Waals surface area (Å²) in [5.74, 6) is 0. The van der Waals surface area contributed by atoms with E-state index in [4.69, 9.17) is 0 Å². The molecule has 0 aromatic carbocycles. The summed E-state index contributed by atoms with van der Waals surface area (Å²) >= 11 is 0. The second-order valence-electron chi connectivity index (χ2n) is 4.23. The van der Waals surface area contributed by atoms with Gasteiger partial charge in [-0.05, 0) is 52.9 Å². The number of rotatable bonds is 5. The number of piperidine rings is 1. The highest BCUT2D eigenvalue weighted by atomic mass is 15.1. The Morgan fingerprint density at radius 3 is 2.85 bits per heavy atom. The SMILES string of the molecule is CNCCCCC1CCCCN1C. The maximum absolute atomic E-state index is 3.20. The van der Waals surface area contributed by atoms with E-state index in [0.29, 0.717) is 0 Å². The summed E-state index contributed by atoms with van der Waals surface area (Å²) in [4.78, 5) is 2.54. The van der Waals surface area contributed by atoms with Crippen molar-refractivity contribution in [3.63, 3.8) is 0 Å². The lowest BCUT2D eigenvalue weighted by atomic mass is 9.98. The van der Waals surface area contributed by atoms with Crippen LogP contribution in [0.1, 0.15) is 38.5 Å². The van der Waals surface area contributed by atoms with E-state index in [1.54, 1.807) is 0 Å². The molecule has 1 rings (SSSR count). The molecule has 1 aliphatic rings. The number of hydrogen-bond acceptors (Lipinski definition) is 2. The van der Waals surface area contributed by atoms with Crippen LogP contribution in [0.5, 0.6) is 0 Å². The summed E-state index contributed by atoms with van der Waals surface area (Å²) < 4.78 is 0. The molecule has 1 N–H and O–H groups in total. The summed E-state index contributed by atoms with van der Waals surface area (Å²) in [6.07, 6.45) is 8.40. The van der Waals surface area contributed by atoms with Crippen LogP contribution in [0.2, 0.25) is 0 Å². The minimum absolute atomic E-state index is 0.880. The van der Waals surface area contributed by atoms with Crippen molar-refractivity contribution in [1.82, 2.24) is 10.2 Å². The molecule has 0 radical (unpaired) electrons. The standard InChI is InChI=1S/C11H24N2/c1-12-9-5-3-7-11-8-4-6-10-13(11)2/h11-12H,3-10H2,1-2H3. The van der Waals surface area contributed by atoms with Crippen molar-refractivity contribution in [2.24, 2.45) is 0 Å². The van der Waals surface area contributed by atoms with Crippen LogP contribution in [0, 0.1) is 0 Å². The van der Waals surface area contributed by atoms with Gasteiger partial charge in [0.25, 0.3) is 0 Å². The molecule has 1 saturated heterocycles. The molecule has 0 bridgehead atoms. The Bertz CT molecular complexity index is 125. The van der Waals surface area contributed by atoms with Crippen LogP contribution >= 0.6 is 0 Å². The molecule has 78 valence electrons. The van der Waals surface area contributed by atoms with Crippen LogP contribution in [0.15, 0.2) is 0 Å². The number of likely N-dealkylation sites (tertiary alicyclic amines) is 1. The Morgan fingerprint density at radius 1 is 1.31 bits per heavy atom. The topological polar surface area (TPSA) is 15.3 Å². The van der Waals surface area contributed by atoms with E-state index in [1.807, 2.05) is 7.05 Å². The Hall–Kier alpha value is -0.0800. The molecule has 2 nitrogen and oxygen atoms in total. The summed E-state index contributed by atoms with van der Waals surface area (Å²) in [5.41, 5.74) is 0. The molecule has 0 spiro atoms. The van der Waals surface area contributed by atoms with E-state index < -0.39 is 0 Å². The third-order valence-corrected chi connectivity index (χ3v) is 3.14. The first-order valence-corrected chi connectivity index (χ1v) is 5.69. The van der Waals surface area contributed by atoms with Crippen LogP contribution in [-0.4, -0.2) is 38.1 Å². The van der Waals surface area contributed by atoms with Crippen LogP contribution in [-0.2, 0) is 0 Å². The molecule has 2 heteroatoms. The van der Waals surface area contributed by atoms with Gasteiger partial charge in [-0.3, -0.25) is 0 Å². The summed E-state index contributed by atoms with van der Waals surface area (Å²) in [5, 5.41) is 3.20. The van der Waals surface area contributed by atoms with Crippen molar-refractivity contribution in [3.05, 3.63) is 0 Å². The molecular weight excluding hydrogens is 160 g/mol. The first-order chi connectivity index (χ1) is 6.34. The van der Waals surface area contributed by atoms with Crippen LogP contribution in [0.3, 0.4) is 0 Å². The highest BCUT2D eigenvalue weighted by Gasteiger charge is 2.17. The average Bonchev–Trinajstić information content (AvgIpc) is 2.15. The lowest BCUT2D eigenvalue weighted by Crippen LogP contribution is -2.36. The molecule has 0 aromatic heterocycles. The molecule has 1 heterocycles. The zero-order chi connectivity index (χ0) is 9.52. The van der Waals surface area contributed by atoms with E-state index in [1.165, 1.54) is 51.6 Å². The van der Waals surface area contributed by atoms with Crippen molar-refractivity contribution in [2.45, 2.75) is 44.6 Å². The average molecular weight is 184 g/mol. The first-order valence-electron chi connectivity index (χ1n) is 5.69. The molecule has 1 atom stereocenters. The third kappa shape index (κ3) is 4.10. The number of hydrogen-bond donors (Lipinski definition) is 1. The van der Waals surface area contributed by atoms with Gasteiger partial charge in [-0.1, -0.05) is 12.8 Å². The summed E-state index contributed by atoms with van der Waals surface area (Å²) in [6, 6.07) is 0.880.